The van der Waals surface area contributed by atoms with Gasteiger partial charge in [-0.15, -0.1) is 5.10 Å². The van der Waals surface area contributed by atoms with Gasteiger partial charge in [0.25, 0.3) is 0 Å². The molecule has 1 heterocycles. The molecule has 0 spiro atoms. The Labute approximate surface area is 102 Å². The van der Waals surface area contributed by atoms with Gasteiger partial charge in [-0.2, -0.15) is 0 Å². The number of methoxy groups -OCH3 is 1. The van der Waals surface area contributed by atoms with E-state index >= 15 is 0 Å². The zero-order valence-corrected chi connectivity index (χ0v) is 10.8. The van der Waals surface area contributed by atoms with Crippen LogP contribution in [-0.2, 0) is 24.2 Å². The minimum absolute atomic E-state index is 0.106. The van der Waals surface area contributed by atoms with Crippen LogP contribution in [0.15, 0.2) is 0 Å². The number of nitrogens with two attached hydrogens (primary N) is 1. The predicted octanol–water partition coefficient (Wildman–Crippen LogP) is -0.0558. The van der Waals surface area contributed by atoms with Crippen LogP contribution in [0.3, 0.4) is 0 Å². The first-order valence-corrected chi connectivity index (χ1v) is 5.75. The second-order valence-corrected chi connectivity index (χ2v) is 4.91. The van der Waals surface area contributed by atoms with Crippen molar-refractivity contribution in [3.05, 3.63) is 11.4 Å². The Morgan fingerprint density at radius 3 is 2.71 bits per heavy atom. The Morgan fingerprint density at radius 1 is 1.47 bits per heavy atom. The molecule has 0 saturated heterocycles. The van der Waals surface area contributed by atoms with Gasteiger partial charge < -0.3 is 15.6 Å². The highest BCUT2D eigenvalue weighted by Gasteiger charge is 2.21. The van der Waals surface area contributed by atoms with E-state index in [-0.39, 0.29) is 12.0 Å². The maximum Gasteiger partial charge on any atom is 0.0995 e. The number of hydrogen-bond acceptors (Lipinski definition) is 5. The Morgan fingerprint density at radius 2 is 2.18 bits per heavy atom. The molecule has 6 heteroatoms. The van der Waals surface area contributed by atoms with E-state index in [0.29, 0.717) is 19.7 Å². The van der Waals surface area contributed by atoms with Crippen molar-refractivity contribution in [1.29, 1.82) is 0 Å². The molecule has 98 valence electrons. The lowest BCUT2D eigenvalue weighted by Crippen LogP contribution is -2.26. The van der Waals surface area contributed by atoms with E-state index in [1.807, 2.05) is 18.5 Å². The summed E-state index contributed by atoms with van der Waals surface area (Å²) in [5.41, 5.74) is 7.20. The number of ether oxygens (including phenoxy) is 1. The van der Waals surface area contributed by atoms with E-state index in [1.165, 1.54) is 0 Å². The molecule has 0 saturated carbocycles. The van der Waals surface area contributed by atoms with Gasteiger partial charge in [-0.05, 0) is 0 Å². The SMILES string of the molecule is COCCc1c(CN)nnn1CC(C)(C)CO. The van der Waals surface area contributed by atoms with E-state index in [1.54, 1.807) is 7.11 Å². The number of aromatic nitrogens is 3. The topological polar surface area (TPSA) is 86.2 Å². The van der Waals surface area contributed by atoms with Crippen LogP contribution in [0.5, 0.6) is 0 Å². The minimum Gasteiger partial charge on any atom is -0.396 e. The van der Waals surface area contributed by atoms with Crippen molar-refractivity contribution in [3.63, 3.8) is 0 Å². The molecule has 0 radical (unpaired) electrons. The van der Waals surface area contributed by atoms with Gasteiger partial charge in [-0.1, -0.05) is 19.1 Å². The third kappa shape index (κ3) is 3.76. The lowest BCUT2D eigenvalue weighted by molar-refractivity contribution is 0.133. The third-order valence-electron chi connectivity index (χ3n) is 2.66. The Hall–Kier alpha value is -0.980. The fourth-order valence-electron chi connectivity index (χ4n) is 1.58. The molecule has 17 heavy (non-hydrogen) atoms. The summed E-state index contributed by atoms with van der Waals surface area (Å²) in [5.74, 6) is 0. The van der Waals surface area contributed by atoms with Crippen LogP contribution in [0, 0.1) is 5.41 Å². The van der Waals surface area contributed by atoms with E-state index in [0.717, 1.165) is 17.8 Å². The highest BCUT2D eigenvalue weighted by molar-refractivity contribution is 5.10. The van der Waals surface area contributed by atoms with Crippen LogP contribution in [0.1, 0.15) is 25.2 Å². The van der Waals surface area contributed by atoms with E-state index < -0.39 is 0 Å². The van der Waals surface area contributed by atoms with Crippen molar-refractivity contribution < 1.29 is 9.84 Å². The lowest BCUT2D eigenvalue weighted by atomic mass is 9.95. The monoisotopic (exact) mass is 242 g/mol. The van der Waals surface area contributed by atoms with Crippen LogP contribution >= 0.6 is 0 Å². The average Bonchev–Trinajstić information content (AvgIpc) is 2.68. The lowest BCUT2D eigenvalue weighted by Gasteiger charge is -2.22. The normalized spacial score (nSPS) is 12.1. The van der Waals surface area contributed by atoms with Gasteiger partial charge in [0.15, 0.2) is 0 Å². The molecular formula is C11H22N4O2. The van der Waals surface area contributed by atoms with Crippen molar-refractivity contribution in [1.82, 2.24) is 15.0 Å². The van der Waals surface area contributed by atoms with E-state index in [4.69, 9.17) is 10.5 Å². The van der Waals surface area contributed by atoms with Gasteiger partial charge in [0.2, 0.25) is 0 Å². The zero-order valence-electron chi connectivity index (χ0n) is 10.8. The number of aliphatic hydroxyl groups is 1. The average molecular weight is 242 g/mol. The van der Waals surface area contributed by atoms with Crippen molar-refractivity contribution in [2.75, 3.05) is 20.3 Å². The first-order valence-electron chi connectivity index (χ1n) is 5.75. The summed E-state index contributed by atoms with van der Waals surface area (Å²) in [6, 6.07) is 0. The fraction of sp³-hybridized carbons (Fsp3) is 0.818. The summed E-state index contributed by atoms with van der Waals surface area (Å²) in [5, 5.41) is 17.4. The number of hydrogen-bond donors (Lipinski definition) is 2. The largest absolute Gasteiger partial charge is 0.396 e. The van der Waals surface area contributed by atoms with Gasteiger partial charge in [-0.3, -0.25) is 0 Å². The minimum atomic E-state index is -0.221. The summed E-state index contributed by atoms with van der Waals surface area (Å²) in [6.45, 7) is 5.68. The molecule has 0 bridgehead atoms. The van der Waals surface area contributed by atoms with Crippen LogP contribution in [0.4, 0.5) is 0 Å². The van der Waals surface area contributed by atoms with E-state index in [2.05, 4.69) is 10.3 Å². The summed E-state index contributed by atoms with van der Waals surface area (Å²) in [6.07, 6.45) is 0.734. The van der Waals surface area contributed by atoms with Crippen molar-refractivity contribution in [2.24, 2.45) is 11.1 Å². The quantitative estimate of drug-likeness (QED) is 0.700. The third-order valence-corrected chi connectivity index (χ3v) is 2.66. The van der Waals surface area contributed by atoms with Gasteiger partial charge in [0, 0.05) is 32.1 Å². The summed E-state index contributed by atoms with van der Waals surface area (Å²) in [7, 11) is 1.66. The van der Waals surface area contributed by atoms with Crippen LogP contribution in [0.2, 0.25) is 0 Å². The molecule has 0 aliphatic carbocycles. The molecule has 0 aromatic carbocycles. The smallest absolute Gasteiger partial charge is 0.0995 e. The molecular weight excluding hydrogens is 220 g/mol. The molecule has 0 amide bonds. The summed E-state index contributed by atoms with van der Waals surface area (Å²) < 4.78 is 6.88. The van der Waals surface area contributed by atoms with Crippen LogP contribution in [0.25, 0.3) is 0 Å². The van der Waals surface area contributed by atoms with Crippen molar-refractivity contribution in [3.8, 4) is 0 Å². The zero-order chi connectivity index (χ0) is 12.9. The molecule has 1 aromatic heterocycles. The molecule has 3 N–H and O–H groups in total. The highest BCUT2D eigenvalue weighted by atomic mass is 16.5. The maximum absolute atomic E-state index is 9.28. The van der Waals surface area contributed by atoms with Gasteiger partial charge in [-0.25, -0.2) is 4.68 Å². The Kier molecular flexibility index (Phi) is 5.04. The molecule has 1 rings (SSSR count). The molecule has 0 unspecified atom stereocenters. The second-order valence-electron chi connectivity index (χ2n) is 4.91. The molecule has 0 aliphatic rings. The number of nitrogens with zero attached hydrogens (tertiary/aromatic N) is 3. The second kappa shape index (κ2) is 6.09. The molecule has 6 nitrogen and oxygen atoms in total. The Balaban J connectivity index is 2.87. The van der Waals surface area contributed by atoms with E-state index in [9.17, 15) is 5.11 Å². The van der Waals surface area contributed by atoms with Gasteiger partial charge in [0.05, 0.1) is 24.5 Å². The van der Waals surface area contributed by atoms with Crippen molar-refractivity contribution >= 4 is 0 Å². The Bertz CT molecular complexity index is 349. The molecule has 0 fully saturated rings. The highest BCUT2D eigenvalue weighted by Crippen LogP contribution is 2.18. The van der Waals surface area contributed by atoms with Crippen molar-refractivity contribution in [2.45, 2.75) is 33.4 Å². The fourth-order valence-corrected chi connectivity index (χ4v) is 1.58. The van der Waals surface area contributed by atoms with Crippen LogP contribution < -0.4 is 5.73 Å². The summed E-state index contributed by atoms with van der Waals surface area (Å²) in [4.78, 5) is 0. The van der Waals surface area contributed by atoms with Gasteiger partial charge >= 0.3 is 0 Å². The molecule has 0 aliphatic heterocycles. The maximum atomic E-state index is 9.28. The standard InChI is InChI=1S/C11H22N4O2/c1-11(2,8-16)7-15-10(4-5-17-3)9(6-12)13-14-15/h16H,4-8,12H2,1-3H3. The predicted molar refractivity (Wildman–Crippen MR) is 64.4 cm³/mol. The number of aliphatic hydroxyl groups excluding tert-OH is 1. The first kappa shape index (κ1) is 14.1. The molecule has 1 aromatic rings. The summed E-state index contributed by atoms with van der Waals surface area (Å²) >= 11 is 0. The number of rotatable bonds is 7. The first-order chi connectivity index (χ1) is 8.04. The molecule has 0 atom stereocenters. The van der Waals surface area contributed by atoms with Gasteiger partial charge in [0.1, 0.15) is 0 Å². The van der Waals surface area contributed by atoms with Crippen LogP contribution in [-0.4, -0.2) is 40.4 Å².